The second-order valence-electron chi connectivity index (χ2n) is 5.15. The topological polar surface area (TPSA) is 78.5 Å². The number of ether oxygens (including phenoxy) is 1. The van der Waals surface area contributed by atoms with Gasteiger partial charge in [-0.3, -0.25) is 9.69 Å². The third-order valence-corrected chi connectivity index (χ3v) is 3.60. The highest BCUT2D eigenvalue weighted by Gasteiger charge is 2.24. The van der Waals surface area contributed by atoms with E-state index in [2.05, 4.69) is 21.8 Å². The highest BCUT2D eigenvalue weighted by atomic mass is 16.5. The summed E-state index contributed by atoms with van der Waals surface area (Å²) in [6, 6.07) is 0. The first-order valence-electron chi connectivity index (χ1n) is 7.20. The van der Waals surface area contributed by atoms with Gasteiger partial charge in [-0.05, 0) is 19.9 Å². The Bertz CT molecular complexity index is 499. The van der Waals surface area contributed by atoms with Gasteiger partial charge in [0.1, 0.15) is 11.9 Å². The van der Waals surface area contributed by atoms with Gasteiger partial charge in [0, 0.05) is 37.4 Å². The van der Waals surface area contributed by atoms with Crippen molar-refractivity contribution in [1.82, 2.24) is 14.9 Å². The number of nitrogens with zero attached hydrogens (tertiary/aromatic N) is 2. The molecule has 2 rings (SSSR count). The summed E-state index contributed by atoms with van der Waals surface area (Å²) in [5.74, 6) is 0.593. The lowest BCUT2D eigenvalue weighted by Gasteiger charge is -2.32. The maximum absolute atomic E-state index is 12.0. The molecule has 0 aliphatic carbocycles. The Labute approximate surface area is 118 Å². The summed E-state index contributed by atoms with van der Waals surface area (Å²) < 4.78 is 5.73. The van der Waals surface area contributed by atoms with E-state index in [4.69, 9.17) is 9.84 Å². The molecule has 0 spiro atoms. The van der Waals surface area contributed by atoms with Gasteiger partial charge in [0.15, 0.2) is 0 Å². The standard InChI is InChI=1S/C14H23N3O3/c1-3-5-17-6-8-20-12(9-17)13-15-10(2)11(4-7-18)14(19)16-13/h12,18H,3-9H2,1-2H3,(H,15,16,19). The predicted molar refractivity (Wildman–Crippen MR) is 75.8 cm³/mol. The second kappa shape index (κ2) is 6.97. The molecular formula is C14H23N3O3. The first-order chi connectivity index (χ1) is 9.65. The molecule has 0 bridgehead atoms. The summed E-state index contributed by atoms with van der Waals surface area (Å²) in [6.45, 7) is 7.28. The van der Waals surface area contributed by atoms with Crippen molar-refractivity contribution in [2.45, 2.75) is 32.8 Å². The van der Waals surface area contributed by atoms with Gasteiger partial charge in [0.2, 0.25) is 0 Å². The van der Waals surface area contributed by atoms with E-state index in [1.165, 1.54) is 0 Å². The van der Waals surface area contributed by atoms with Crippen molar-refractivity contribution in [3.05, 3.63) is 27.4 Å². The molecule has 1 saturated heterocycles. The van der Waals surface area contributed by atoms with Gasteiger partial charge in [-0.15, -0.1) is 0 Å². The van der Waals surface area contributed by atoms with Crippen LogP contribution in [0.4, 0.5) is 0 Å². The average molecular weight is 281 g/mol. The van der Waals surface area contributed by atoms with Gasteiger partial charge >= 0.3 is 0 Å². The van der Waals surface area contributed by atoms with Gasteiger partial charge in [-0.25, -0.2) is 4.98 Å². The molecule has 1 aliphatic heterocycles. The summed E-state index contributed by atoms with van der Waals surface area (Å²) >= 11 is 0. The lowest BCUT2D eigenvalue weighted by molar-refractivity contribution is -0.0344. The first-order valence-corrected chi connectivity index (χ1v) is 7.20. The SMILES string of the molecule is CCCN1CCOC(c2nc(C)c(CCO)c(=O)[nH]2)C1. The fourth-order valence-corrected chi connectivity index (χ4v) is 2.58. The van der Waals surface area contributed by atoms with Crippen LogP contribution in [-0.2, 0) is 11.2 Å². The Morgan fingerprint density at radius 3 is 3.00 bits per heavy atom. The number of aliphatic hydroxyl groups excluding tert-OH is 1. The fourth-order valence-electron chi connectivity index (χ4n) is 2.58. The zero-order valence-corrected chi connectivity index (χ0v) is 12.2. The monoisotopic (exact) mass is 281 g/mol. The van der Waals surface area contributed by atoms with Crippen LogP contribution in [0.15, 0.2) is 4.79 Å². The lowest BCUT2D eigenvalue weighted by atomic mass is 10.1. The van der Waals surface area contributed by atoms with Crippen LogP contribution >= 0.6 is 0 Å². The van der Waals surface area contributed by atoms with E-state index >= 15 is 0 Å². The predicted octanol–water partition coefficient (Wildman–Crippen LogP) is 0.396. The fraction of sp³-hybridized carbons (Fsp3) is 0.714. The number of nitrogens with one attached hydrogen (secondary N) is 1. The number of aliphatic hydroxyl groups is 1. The summed E-state index contributed by atoms with van der Waals surface area (Å²) in [6.07, 6.45) is 1.26. The van der Waals surface area contributed by atoms with E-state index < -0.39 is 0 Å². The summed E-state index contributed by atoms with van der Waals surface area (Å²) in [7, 11) is 0. The minimum atomic E-state index is -0.176. The number of aromatic amines is 1. The van der Waals surface area contributed by atoms with E-state index in [-0.39, 0.29) is 18.3 Å². The lowest BCUT2D eigenvalue weighted by Crippen LogP contribution is -2.40. The molecule has 6 heteroatoms. The van der Waals surface area contributed by atoms with Crippen molar-refractivity contribution in [2.75, 3.05) is 32.8 Å². The number of morpholine rings is 1. The van der Waals surface area contributed by atoms with Crippen LogP contribution in [0.5, 0.6) is 0 Å². The molecule has 20 heavy (non-hydrogen) atoms. The number of aryl methyl sites for hydroxylation is 1. The van der Waals surface area contributed by atoms with Crippen LogP contribution in [-0.4, -0.2) is 52.8 Å². The third kappa shape index (κ3) is 3.45. The van der Waals surface area contributed by atoms with E-state index in [1.54, 1.807) is 6.92 Å². The summed E-state index contributed by atoms with van der Waals surface area (Å²) in [4.78, 5) is 21.6. The van der Waals surface area contributed by atoms with Crippen LogP contribution in [0.1, 0.15) is 36.5 Å². The smallest absolute Gasteiger partial charge is 0.254 e. The molecule has 6 nitrogen and oxygen atoms in total. The molecule has 1 atom stereocenters. The maximum Gasteiger partial charge on any atom is 0.254 e. The Morgan fingerprint density at radius 1 is 1.55 bits per heavy atom. The number of H-pyrrole nitrogens is 1. The van der Waals surface area contributed by atoms with Crippen LogP contribution in [0.3, 0.4) is 0 Å². The molecule has 0 saturated carbocycles. The second-order valence-corrected chi connectivity index (χ2v) is 5.15. The Hall–Kier alpha value is -1.24. The zero-order chi connectivity index (χ0) is 14.5. The first kappa shape index (κ1) is 15.2. The normalized spacial score (nSPS) is 20.2. The summed E-state index contributed by atoms with van der Waals surface area (Å²) in [5, 5.41) is 8.97. The molecule has 2 heterocycles. The Balaban J connectivity index is 2.18. The summed E-state index contributed by atoms with van der Waals surface area (Å²) in [5.41, 5.74) is 1.06. The van der Waals surface area contributed by atoms with Gasteiger partial charge in [-0.2, -0.15) is 0 Å². The maximum atomic E-state index is 12.0. The van der Waals surface area contributed by atoms with E-state index in [0.29, 0.717) is 30.1 Å². The molecule has 0 amide bonds. The van der Waals surface area contributed by atoms with Crippen LogP contribution in [0.2, 0.25) is 0 Å². The van der Waals surface area contributed by atoms with E-state index in [1.807, 2.05) is 0 Å². The highest BCUT2D eigenvalue weighted by Crippen LogP contribution is 2.19. The molecule has 112 valence electrons. The zero-order valence-electron chi connectivity index (χ0n) is 12.2. The molecule has 1 aromatic rings. The van der Waals surface area contributed by atoms with Crippen molar-refractivity contribution in [3.63, 3.8) is 0 Å². The molecule has 1 unspecified atom stereocenters. The van der Waals surface area contributed by atoms with Gasteiger partial charge in [0.25, 0.3) is 5.56 Å². The number of hydrogen-bond donors (Lipinski definition) is 2. The van der Waals surface area contributed by atoms with E-state index in [9.17, 15) is 4.79 Å². The van der Waals surface area contributed by atoms with Crippen molar-refractivity contribution in [1.29, 1.82) is 0 Å². The largest absolute Gasteiger partial charge is 0.396 e. The molecule has 0 radical (unpaired) electrons. The molecule has 1 aliphatic rings. The van der Waals surface area contributed by atoms with Crippen molar-refractivity contribution < 1.29 is 9.84 Å². The average Bonchev–Trinajstić information content (AvgIpc) is 2.43. The molecule has 1 fully saturated rings. The van der Waals surface area contributed by atoms with Crippen LogP contribution < -0.4 is 5.56 Å². The number of aromatic nitrogens is 2. The molecule has 0 aromatic carbocycles. The quantitative estimate of drug-likeness (QED) is 0.816. The van der Waals surface area contributed by atoms with Crippen molar-refractivity contribution >= 4 is 0 Å². The van der Waals surface area contributed by atoms with Crippen LogP contribution in [0, 0.1) is 6.92 Å². The molecule has 1 aromatic heterocycles. The van der Waals surface area contributed by atoms with Gasteiger partial charge in [-0.1, -0.05) is 6.92 Å². The Morgan fingerprint density at radius 2 is 2.35 bits per heavy atom. The van der Waals surface area contributed by atoms with Crippen LogP contribution in [0.25, 0.3) is 0 Å². The van der Waals surface area contributed by atoms with E-state index in [0.717, 1.165) is 26.1 Å². The van der Waals surface area contributed by atoms with Gasteiger partial charge < -0.3 is 14.8 Å². The highest BCUT2D eigenvalue weighted by molar-refractivity contribution is 5.17. The van der Waals surface area contributed by atoms with Crippen molar-refractivity contribution in [3.8, 4) is 0 Å². The minimum Gasteiger partial charge on any atom is -0.396 e. The minimum absolute atomic E-state index is 0.0465. The molecule has 2 N–H and O–H groups in total. The Kier molecular flexibility index (Phi) is 5.28. The third-order valence-electron chi connectivity index (χ3n) is 3.60. The van der Waals surface area contributed by atoms with Gasteiger partial charge in [0.05, 0.1) is 6.61 Å². The number of rotatable bonds is 5. The molecular weight excluding hydrogens is 258 g/mol. The number of hydrogen-bond acceptors (Lipinski definition) is 5. The van der Waals surface area contributed by atoms with Crippen molar-refractivity contribution in [2.24, 2.45) is 0 Å².